The zero-order valence-corrected chi connectivity index (χ0v) is 12.6. The summed E-state index contributed by atoms with van der Waals surface area (Å²) >= 11 is 3.34. The van der Waals surface area contributed by atoms with E-state index < -0.39 is 0 Å². The Morgan fingerprint density at radius 3 is 2.83 bits per heavy atom. The third kappa shape index (κ3) is 4.74. The molecule has 0 aliphatic rings. The van der Waals surface area contributed by atoms with Crippen LogP contribution in [0.1, 0.15) is 18.3 Å². The van der Waals surface area contributed by atoms with Crippen LogP contribution in [0.15, 0.2) is 18.2 Å². The first kappa shape index (κ1) is 15.1. The number of nitrogens with zero attached hydrogens (tertiary/aromatic N) is 2. The van der Waals surface area contributed by atoms with Crippen molar-refractivity contribution in [2.75, 3.05) is 20.2 Å². The van der Waals surface area contributed by atoms with Crippen molar-refractivity contribution in [3.63, 3.8) is 0 Å². The van der Waals surface area contributed by atoms with Crippen molar-refractivity contribution in [2.24, 2.45) is 0 Å². The molecule has 0 saturated carbocycles. The van der Waals surface area contributed by atoms with E-state index in [2.05, 4.69) is 32.7 Å². The topological polar surface area (TPSA) is 42.4 Å². The Morgan fingerprint density at radius 2 is 2.28 bits per heavy atom. The average Bonchev–Trinajstić information content (AvgIpc) is 2.36. The van der Waals surface area contributed by atoms with Crippen LogP contribution in [-0.4, -0.2) is 40.9 Å². The van der Waals surface area contributed by atoms with Crippen LogP contribution in [0.3, 0.4) is 0 Å². The molecule has 18 heavy (non-hydrogen) atoms. The molecule has 0 saturated heterocycles. The van der Waals surface area contributed by atoms with Gasteiger partial charge in [-0.25, -0.2) is 0 Å². The highest BCUT2D eigenvalue weighted by molar-refractivity contribution is 9.10. The summed E-state index contributed by atoms with van der Waals surface area (Å²) in [6.07, 6.45) is 0. The molecule has 0 amide bonds. The van der Waals surface area contributed by atoms with E-state index in [0.29, 0.717) is 6.54 Å². The van der Waals surface area contributed by atoms with Gasteiger partial charge < -0.3 is 4.74 Å². The predicted octanol–water partition coefficient (Wildman–Crippen LogP) is 2.15. The SMILES string of the molecule is CCN(Cc1cccc(C)n1)CC(Br)C(=O)OC. The van der Waals surface area contributed by atoms with Gasteiger partial charge in [0, 0.05) is 18.8 Å². The van der Waals surface area contributed by atoms with Gasteiger partial charge in [-0.05, 0) is 25.6 Å². The maximum absolute atomic E-state index is 11.4. The van der Waals surface area contributed by atoms with Crippen LogP contribution in [0.2, 0.25) is 0 Å². The van der Waals surface area contributed by atoms with Gasteiger partial charge in [-0.1, -0.05) is 28.9 Å². The lowest BCUT2D eigenvalue weighted by Gasteiger charge is -2.22. The molecule has 1 rings (SSSR count). The second-order valence-corrected chi connectivity index (χ2v) is 5.19. The molecule has 100 valence electrons. The summed E-state index contributed by atoms with van der Waals surface area (Å²) < 4.78 is 4.70. The quantitative estimate of drug-likeness (QED) is 0.596. The fourth-order valence-corrected chi connectivity index (χ4v) is 2.25. The molecule has 1 aromatic rings. The molecule has 5 heteroatoms. The number of aromatic nitrogens is 1. The Labute approximate surface area is 116 Å². The number of aryl methyl sites for hydroxylation is 1. The van der Waals surface area contributed by atoms with Gasteiger partial charge in [0.2, 0.25) is 0 Å². The van der Waals surface area contributed by atoms with Crippen molar-refractivity contribution in [3.05, 3.63) is 29.6 Å². The maximum atomic E-state index is 11.4. The molecule has 0 fully saturated rings. The van der Waals surface area contributed by atoms with Crippen LogP contribution >= 0.6 is 15.9 Å². The largest absolute Gasteiger partial charge is 0.468 e. The Balaban J connectivity index is 2.59. The summed E-state index contributed by atoms with van der Waals surface area (Å²) in [7, 11) is 1.40. The molecule has 4 nitrogen and oxygen atoms in total. The standard InChI is InChI=1S/C13H19BrN2O2/c1-4-16(9-12(14)13(17)18-3)8-11-7-5-6-10(2)15-11/h5-7,12H,4,8-9H2,1-3H3. The highest BCUT2D eigenvalue weighted by Crippen LogP contribution is 2.09. The summed E-state index contributed by atoms with van der Waals surface area (Å²) in [5, 5.41) is 0. The molecule has 1 aromatic heterocycles. The summed E-state index contributed by atoms with van der Waals surface area (Å²) in [6.45, 7) is 6.24. The number of ether oxygens (including phenoxy) is 1. The molecule has 0 aliphatic heterocycles. The van der Waals surface area contributed by atoms with Gasteiger partial charge >= 0.3 is 5.97 Å². The highest BCUT2D eigenvalue weighted by atomic mass is 79.9. The van der Waals surface area contributed by atoms with Crippen LogP contribution < -0.4 is 0 Å². The Bertz CT molecular complexity index is 398. The van der Waals surface area contributed by atoms with E-state index in [0.717, 1.165) is 24.5 Å². The van der Waals surface area contributed by atoms with E-state index in [1.54, 1.807) is 0 Å². The summed E-state index contributed by atoms with van der Waals surface area (Å²) in [4.78, 5) is 17.7. The smallest absolute Gasteiger partial charge is 0.320 e. The van der Waals surface area contributed by atoms with Crippen LogP contribution in [-0.2, 0) is 16.1 Å². The molecule has 0 spiro atoms. The summed E-state index contributed by atoms with van der Waals surface area (Å²) in [5.41, 5.74) is 2.02. The fraction of sp³-hybridized carbons (Fsp3) is 0.538. The number of carbonyl (C=O) groups is 1. The molecule has 0 bridgehead atoms. The summed E-state index contributed by atoms with van der Waals surface area (Å²) in [5.74, 6) is -0.245. The third-order valence-corrected chi connectivity index (χ3v) is 3.32. The zero-order valence-electron chi connectivity index (χ0n) is 11.0. The number of alkyl halides is 1. The minimum atomic E-state index is -0.299. The van der Waals surface area contributed by atoms with Gasteiger partial charge in [0.15, 0.2) is 0 Å². The van der Waals surface area contributed by atoms with E-state index in [4.69, 9.17) is 4.74 Å². The molecule has 1 unspecified atom stereocenters. The number of rotatable bonds is 6. The first-order chi connectivity index (χ1) is 8.56. The number of halogens is 1. The first-order valence-corrected chi connectivity index (χ1v) is 6.85. The van der Waals surface area contributed by atoms with Crippen LogP contribution in [0.25, 0.3) is 0 Å². The van der Waals surface area contributed by atoms with Gasteiger partial charge in [0.25, 0.3) is 0 Å². The molecular weight excluding hydrogens is 296 g/mol. The van der Waals surface area contributed by atoms with Gasteiger partial charge in [-0.3, -0.25) is 14.7 Å². The monoisotopic (exact) mass is 314 g/mol. The predicted molar refractivity (Wildman–Crippen MR) is 74.7 cm³/mol. The van der Waals surface area contributed by atoms with Crippen molar-refractivity contribution >= 4 is 21.9 Å². The molecule has 0 radical (unpaired) electrons. The van der Waals surface area contributed by atoms with E-state index in [9.17, 15) is 4.79 Å². The van der Waals surface area contributed by atoms with E-state index >= 15 is 0 Å². The average molecular weight is 315 g/mol. The molecule has 0 aromatic carbocycles. The second kappa shape index (κ2) is 7.48. The van der Waals surface area contributed by atoms with Crippen LogP contribution in [0.5, 0.6) is 0 Å². The van der Waals surface area contributed by atoms with Crippen molar-refractivity contribution in [1.29, 1.82) is 0 Å². The second-order valence-electron chi connectivity index (χ2n) is 4.09. The molecular formula is C13H19BrN2O2. The van der Waals surface area contributed by atoms with Crippen LogP contribution in [0, 0.1) is 6.92 Å². The molecule has 0 aliphatic carbocycles. The zero-order chi connectivity index (χ0) is 13.5. The van der Waals surface area contributed by atoms with Crippen LogP contribution in [0.4, 0.5) is 0 Å². The van der Waals surface area contributed by atoms with E-state index in [1.807, 2.05) is 25.1 Å². The van der Waals surface area contributed by atoms with Gasteiger partial charge in [0.1, 0.15) is 4.83 Å². The lowest BCUT2D eigenvalue weighted by molar-refractivity contribution is -0.140. The van der Waals surface area contributed by atoms with Gasteiger partial charge in [0.05, 0.1) is 12.8 Å². The number of carbonyl (C=O) groups excluding carboxylic acids is 1. The highest BCUT2D eigenvalue weighted by Gasteiger charge is 2.18. The normalized spacial score (nSPS) is 12.5. The third-order valence-electron chi connectivity index (χ3n) is 2.65. The fourth-order valence-electron chi connectivity index (χ4n) is 1.65. The van der Waals surface area contributed by atoms with Crippen molar-refractivity contribution < 1.29 is 9.53 Å². The summed E-state index contributed by atoms with van der Waals surface area (Å²) in [6, 6.07) is 5.97. The lowest BCUT2D eigenvalue weighted by Crippen LogP contribution is -2.34. The van der Waals surface area contributed by atoms with E-state index in [1.165, 1.54) is 7.11 Å². The van der Waals surface area contributed by atoms with Crippen molar-refractivity contribution in [3.8, 4) is 0 Å². The Hall–Kier alpha value is -0.940. The van der Waals surface area contributed by atoms with E-state index in [-0.39, 0.29) is 10.8 Å². The maximum Gasteiger partial charge on any atom is 0.320 e. The Kier molecular flexibility index (Phi) is 6.29. The number of hydrogen-bond acceptors (Lipinski definition) is 4. The van der Waals surface area contributed by atoms with Gasteiger partial charge in [-0.15, -0.1) is 0 Å². The molecule has 1 atom stereocenters. The minimum absolute atomic E-state index is 0.245. The first-order valence-electron chi connectivity index (χ1n) is 5.93. The number of methoxy groups -OCH3 is 1. The lowest BCUT2D eigenvalue weighted by atomic mass is 10.3. The Morgan fingerprint density at radius 1 is 1.56 bits per heavy atom. The number of hydrogen-bond donors (Lipinski definition) is 0. The van der Waals surface area contributed by atoms with Crippen molar-refractivity contribution in [2.45, 2.75) is 25.2 Å². The number of esters is 1. The molecule has 1 heterocycles. The minimum Gasteiger partial charge on any atom is -0.468 e. The number of pyridine rings is 1. The van der Waals surface area contributed by atoms with Gasteiger partial charge in [-0.2, -0.15) is 0 Å². The van der Waals surface area contributed by atoms with Crippen molar-refractivity contribution in [1.82, 2.24) is 9.88 Å². The molecule has 0 N–H and O–H groups in total.